The molecule has 6 aromatic carbocycles. The smallest absolute Gasteiger partial charge is 0.227 e. The van der Waals surface area contributed by atoms with Gasteiger partial charge in [0.1, 0.15) is 5.52 Å². The quantitative estimate of drug-likeness (QED) is 0.177. The van der Waals surface area contributed by atoms with Gasteiger partial charge in [0.25, 0.3) is 0 Å². The van der Waals surface area contributed by atoms with Gasteiger partial charge in [-0.05, 0) is 99.2 Å². The van der Waals surface area contributed by atoms with Gasteiger partial charge in [-0.1, -0.05) is 119 Å². The molecule has 0 aliphatic heterocycles. The van der Waals surface area contributed by atoms with Gasteiger partial charge in [0, 0.05) is 22.3 Å². The maximum atomic E-state index is 6.15. The number of hydrogen-bond donors (Lipinski definition) is 0. The second kappa shape index (κ2) is 12.9. The lowest BCUT2D eigenvalue weighted by Gasteiger charge is -2.11. The molecule has 8 rings (SSSR count). The Balaban J connectivity index is 1.18. The maximum absolute atomic E-state index is 6.15. The molecule has 0 unspecified atom stereocenters. The number of aromatic nitrogens is 4. The van der Waals surface area contributed by atoms with Crippen LogP contribution < -0.4 is 0 Å². The van der Waals surface area contributed by atoms with Gasteiger partial charge in [-0.2, -0.15) is 0 Å². The first-order chi connectivity index (χ1) is 24.6. The van der Waals surface area contributed by atoms with Crippen LogP contribution >= 0.6 is 0 Å². The standard InChI is InChI=1S/C46H38N4O/c1-27-19-28(2)22-39(21-27)33-7-11-35(12-8-33)43-48-44(36-13-9-34(10-14-36)40-23-29(3)20-30(4)24-40)50-45(49-43)37-15-17-38(18-16-37)46-47-41-25-31(5)32(6)26-42(41)51-46/h7-26H,1-6H3. The van der Waals surface area contributed by atoms with Crippen molar-refractivity contribution in [1.82, 2.24) is 19.9 Å². The third-order valence-corrected chi connectivity index (χ3v) is 9.43. The van der Waals surface area contributed by atoms with E-state index in [1.54, 1.807) is 0 Å². The predicted octanol–water partition coefficient (Wildman–Crippen LogP) is 11.9. The summed E-state index contributed by atoms with van der Waals surface area (Å²) in [5.74, 6) is 2.43. The summed E-state index contributed by atoms with van der Waals surface area (Å²) in [6.07, 6.45) is 0. The van der Waals surface area contributed by atoms with Crippen LogP contribution in [0.3, 0.4) is 0 Å². The van der Waals surface area contributed by atoms with Crippen LogP contribution in [0.15, 0.2) is 126 Å². The Morgan fingerprint density at radius 1 is 0.333 bits per heavy atom. The molecule has 8 aromatic rings. The third-order valence-electron chi connectivity index (χ3n) is 9.43. The number of aryl methyl sites for hydroxylation is 6. The van der Waals surface area contributed by atoms with E-state index >= 15 is 0 Å². The first-order valence-electron chi connectivity index (χ1n) is 17.3. The largest absolute Gasteiger partial charge is 0.436 e. The third kappa shape index (κ3) is 6.59. The normalized spacial score (nSPS) is 11.3. The minimum Gasteiger partial charge on any atom is -0.436 e. The molecule has 0 fully saturated rings. The molecule has 51 heavy (non-hydrogen) atoms. The van der Waals surface area contributed by atoms with Crippen LogP contribution in [0.1, 0.15) is 33.4 Å². The molecule has 0 amide bonds. The lowest BCUT2D eigenvalue weighted by atomic mass is 9.99. The van der Waals surface area contributed by atoms with E-state index in [0.717, 1.165) is 44.5 Å². The van der Waals surface area contributed by atoms with Crippen LogP contribution in [-0.2, 0) is 0 Å². The Hall–Kier alpha value is -6.20. The van der Waals surface area contributed by atoms with Crippen molar-refractivity contribution in [2.75, 3.05) is 0 Å². The van der Waals surface area contributed by atoms with Crippen LogP contribution in [0.2, 0.25) is 0 Å². The number of nitrogens with zero attached hydrogens (tertiary/aromatic N) is 4. The average Bonchev–Trinajstić information content (AvgIpc) is 3.53. The molecule has 0 saturated heterocycles. The first-order valence-corrected chi connectivity index (χ1v) is 17.3. The molecule has 5 nitrogen and oxygen atoms in total. The molecule has 0 bridgehead atoms. The van der Waals surface area contributed by atoms with Gasteiger partial charge in [0.2, 0.25) is 5.89 Å². The predicted molar refractivity (Wildman–Crippen MR) is 208 cm³/mol. The zero-order chi connectivity index (χ0) is 35.2. The van der Waals surface area contributed by atoms with Crippen LogP contribution in [0.5, 0.6) is 0 Å². The average molecular weight is 663 g/mol. The highest BCUT2D eigenvalue weighted by Crippen LogP contribution is 2.32. The molecule has 0 aliphatic carbocycles. The van der Waals surface area contributed by atoms with Crippen molar-refractivity contribution in [3.05, 3.63) is 155 Å². The molecular weight excluding hydrogens is 625 g/mol. The Kier molecular flexibility index (Phi) is 8.12. The molecule has 0 atom stereocenters. The summed E-state index contributed by atoms with van der Waals surface area (Å²) in [4.78, 5) is 19.8. The lowest BCUT2D eigenvalue weighted by molar-refractivity contribution is 0.619. The first kappa shape index (κ1) is 32.0. The number of rotatable bonds is 6. The van der Waals surface area contributed by atoms with E-state index in [1.807, 2.05) is 30.3 Å². The van der Waals surface area contributed by atoms with Gasteiger partial charge in [-0.15, -0.1) is 0 Å². The van der Waals surface area contributed by atoms with E-state index < -0.39 is 0 Å². The van der Waals surface area contributed by atoms with Crippen molar-refractivity contribution >= 4 is 11.1 Å². The molecule has 0 radical (unpaired) electrons. The number of hydrogen-bond acceptors (Lipinski definition) is 5. The highest BCUT2D eigenvalue weighted by atomic mass is 16.3. The van der Waals surface area contributed by atoms with Crippen LogP contribution in [0.25, 0.3) is 79.0 Å². The molecular formula is C46H38N4O. The summed E-state index contributed by atoms with van der Waals surface area (Å²) in [5, 5.41) is 0. The molecule has 248 valence electrons. The minimum absolute atomic E-state index is 0.589. The van der Waals surface area contributed by atoms with Gasteiger partial charge < -0.3 is 4.42 Å². The van der Waals surface area contributed by atoms with Crippen LogP contribution in [-0.4, -0.2) is 19.9 Å². The molecule has 0 spiro atoms. The summed E-state index contributed by atoms with van der Waals surface area (Å²) in [6, 6.07) is 42.4. The molecule has 2 heterocycles. The van der Waals surface area contributed by atoms with Gasteiger partial charge in [-0.3, -0.25) is 0 Å². The maximum Gasteiger partial charge on any atom is 0.227 e. The van der Waals surface area contributed by atoms with E-state index in [9.17, 15) is 0 Å². The van der Waals surface area contributed by atoms with Crippen molar-refractivity contribution in [2.24, 2.45) is 0 Å². The molecule has 2 aromatic heterocycles. The van der Waals surface area contributed by atoms with E-state index in [-0.39, 0.29) is 0 Å². The van der Waals surface area contributed by atoms with Crippen molar-refractivity contribution in [2.45, 2.75) is 41.5 Å². The monoisotopic (exact) mass is 662 g/mol. The fraction of sp³-hybridized carbons (Fsp3) is 0.130. The van der Waals surface area contributed by atoms with E-state index in [2.05, 4.69) is 133 Å². The summed E-state index contributed by atoms with van der Waals surface area (Å²) in [6.45, 7) is 12.7. The van der Waals surface area contributed by atoms with Crippen molar-refractivity contribution < 1.29 is 4.42 Å². The number of benzene rings is 6. The fourth-order valence-corrected chi connectivity index (χ4v) is 6.73. The highest BCUT2D eigenvalue weighted by molar-refractivity contribution is 5.79. The van der Waals surface area contributed by atoms with Crippen molar-refractivity contribution in [1.29, 1.82) is 0 Å². The summed E-state index contributed by atoms with van der Waals surface area (Å²) in [5.41, 5.74) is 17.3. The summed E-state index contributed by atoms with van der Waals surface area (Å²) < 4.78 is 6.15. The van der Waals surface area contributed by atoms with E-state index in [1.165, 1.54) is 44.5 Å². The lowest BCUT2D eigenvalue weighted by Crippen LogP contribution is -2.00. The van der Waals surface area contributed by atoms with Crippen LogP contribution in [0, 0.1) is 41.5 Å². The Bertz CT molecular complexity index is 2370. The Morgan fingerprint density at radius 3 is 1.10 bits per heavy atom. The number of fused-ring (bicyclic) bond motifs is 1. The van der Waals surface area contributed by atoms with Gasteiger partial charge >= 0.3 is 0 Å². The van der Waals surface area contributed by atoms with Crippen molar-refractivity contribution in [3.63, 3.8) is 0 Å². The number of oxazole rings is 1. The minimum atomic E-state index is 0.589. The fourth-order valence-electron chi connectivity index (χ4n) is 6.73. The highest BCUT2D eigenvalue weighted by Gasteiger charge is 2.15. The van der Waals surface area contributed by atoms with Gasteiger partial charge in [0.05, 0.1) is 0 Å². The second-order valence-electron chi connectivity index (χ2n) is 13.7. The van der Waals surface area contributed by atoms with Crippen molar-refractivity contribution in [3.8, 4) is 67.9 Å². The van der Waals surface area contributed by atoms with E-state index in [0.29, 0.717) is 23.4 Å². The zero-order valence-corrected chi connectivity index (χ0v) is 29.7. The van der Waals surface area contributed by atoms with Gasteiger partial charge in [-0.25, -0.2) is 19.9 Å². The summed E-state index contributed by atoms with van der Waals surface area (Å²) in [7, 11) is 0. The molecule has 0 saturated carbocycles. The van der Waals surface area contributed by atoms with Gasteiger partial charge in [0.15, 0.2) is 23.1 Å². The second-order valence-corrected chi connectivity index (χ2v) is 13.7. The van der Waals surface area contributed by atoms with E-state index in [4.69, 9.17) is 24.4 Å². The SMILES string of the molecule is Cc1cc(C)cc(-c2ccc(-c3nc(-c4ccc(-c5cc(C)cc(C)c5)cc4)nc(-c4ccc(-c5nc6cc(C)c(C)cc6o5)cc4)n3)cc2)c1. The zero-order valence-electron chi connectivity index (χ0n) is 29.7. The molecule has 0 aliphatic rings. The van der Waals surface area contributed by atoms with Crippen LogP contribution in [0.4, 0.5) is 0 Å². The molecule has 0 N–H and O–H groups in total. The summed E-state index contributed by atoms with van der Waals surface area (Å²) >= 11 is 0. The topological polar surface area (TPSA) is 64.7 Å². The molecule has 5 heteroatoms. The Labute approximate surface area is 298 Å². The Morgan fingerprint density at radius 2 is 0.686 bits per heavy atom.